The third-order valence-corrected chi connectivity index (χ3v) is 5.61. The Bertz CT molecular complexity index is 1070. The quantitative estimate of drug-likeness (QED) is 0.441. The topological polar surface area (TPSA) is 126 Å². The highest BCUT2D eigenvalue weighted by Crippen LogP contribution is 2.36. The zero-order valence-corrected chi connectivity index (χ0v) is 16.9. The summed E-state index contributed by atoms with van der Waals surface area (Å²) in [5, 5.41) is 23.7. The van der Waals surface area contributed by atoms with Crippen LogP contribution in [0.5, 0.6) is 0 Å². The maximum absolute atomic E-state index is 12.4. The number of benzene rings is 1. The lowest BCUT2D eigenvalue weighted by atomic mass is 10.0. The van der Waals surface area contributed by atoms with Crippen molar-refractivity contribution in [1.82, 2.24) is 4.90 Å². The molecule has 2 aromatic rings. The molecule has 0 bridgehead atoms. The molecule has 0 atom stereocenters. The third kappa shape index (κ3) is 4.47. The smallest absolute Gasteiger partial charge is 0.410 e. The summed E-state index contributed by atoms with van der Waals surface area (Å²) < 4.78 is 5.02. The van der Waals surface area contributed by atoms with Gasteiger partial charge in [-0.1, -0.05) is 12.1 Å². The first kappa shape index (κ1) is 21.0. The molecule has 0 unspecified atom stereocenters. The number of nitrogens with zero attached hydrogens (tertiary/aromatic N) is 3. The Morgan fingerprint density at radius 2 is 2.20 bits per heavy atom. The number of nitro groups is 1. The molecule has 154 valence electrons. The third-order valence-electron chi connectivity index (χ3n) is 4.48. The van der Waals surface area contributed by atoms with E-state index in [1.807, 2.05) is 0 Å². The van der Waals surface area contributed by atoms with Crippen LogP contribution in [0.3, 0.4) is 0 Å². The fourth-order valence-electron chi connectivity index (χ4n) is 3.09. The van der Waals surface area contributed by atoms with Gasteiger partial charge in [-0.15, -0.1) is 11.3 Å². The van der Waals surface area contributed by atoms with E-state index < -0.39 is 16.9 Å². The molecule has 9 nitrogen and oxygen atoms in total. The minimum Gasteiger partial charge on any atom is -0.450 e. The van der Waals surface area contributed by atoms with Crippen LogP contribution in [0.25, 0.3) is 6.08 Å². The predicted molar refractivity (Wildman–Crippen MR) is 111 cm³/mol. The standard InChI is InChI=1S/C20H18N4O5S/c1-2-29-20(26)23-10-9-14-15(11-21)19(30-17(14)12-23)22-18(25)8-7-13-5-3-4-6-16(13)24(27)28/h3-8H,2,9-10,12H2,1H3,(H,22,25)/b8-7+. The van der Waals surface area contributed by atoms with E-state index in [-0.39, 0.29) is 12.3 Å². The number of rotatable bonds is 5. The summed E-state index contributed by atoms with van der Waals surface area (Å²) in [6, 6.07) is 8.20. The summed E-state index contributed by atoms with van der Waals surface area (Å²) in [7, 11) is 0. The zero-order valence-electron chi connectivity index (χ0n) is 16.1. The number of nitrogens with one attached hydrogen (secondary N) is 1. The number of carbonyl (C=O) groups excluding carboxylic acids is 2. The van der Waals surface area contributed by atoms with Crippen molar-refractivity contribution in [2.75, 3.05) is 18.5 Å². The summed E-state index contributed by atoms with van der Waals surface area (Å²) in [5.74, 6) is -0.509. The van der Waals surface area contributed by atoms with Gasteiger partial charge in [0.05, 0.1) is 29.2 Å². The van der Waals surface area contributed by atoms with E-state index in [0.29, 0.717) is 35.6 Å². The fraction of sp³-hybridized carbons (Fsp3) is 0.250. The average Bonchev–Trinajstić information content (AvgIpc) is 3.08. The number of hydrogen-bond acceptors (Lipinski definition) is 7. The lowest BCUT2D eigenvalue weighted by molar-refractivity contribution is -0.385. The second-order valence-corrected chi connectivity index (χ2v) is 7.43. The molecule has 30 heavy (non-hydrogen) atoms. The average molecular weight is 426 g/mol. The van der Waals surface area contributed by atoms with Crippen LogP contribution < -0.4 is 5.32 Å². The Balaban J connectivity index is 1.76. The van der Waals surface area contributed by atoms with Crippen molar-refractivity contribution < 1.29 is 19.2 Å². The number of para-hydroxylation sites is 1. The van der Waals surface area contributed by atoms with Gasteiger partial charge in [0.1, 0.15) is 11.1 Å². The summed E-state index contributed by atoms with van der Waals surface area (Å²) in [6.45, 7) is 2.76. The summed E-state index contributed by atoms with van der Waals surface area (Å²) in [6.07, 6.45) is 2.63. The molecule has 1 aromatic heterocycles. The molecule has 1 aliphatic rings. The highest BCUT2D eigenvalue weighted by molar-refractivity contribution is 7.16. The maximum atomic E-state index is 12.4. The molecule has 0 radical (unpaired) electrons. The van der Waals surface area contributed by atoms with Gasteiger partial charge in [0, 0.05) is 23.6 Å². The largest absolute Gasteiger partial charge is 0.450 e. The van der Waals surface area contributed by atoms with E-state index in [0.717, 1.165) is 10.4 Å². The number of ether oxygens (including phenoxy) is 1. The molecule has 1 aliphatic heterocycles. The van der Waals surface area contributed by atoms with Gasteiger partial charge in [-0.2, -0.15) is 5.26 Å². The number of anilines is 1. The number of hydrogen-bond donors (Lipinski definition) is 1. The molecule has 0 fully saturated rings. The van der Waals surface area contributed by atoms with Crippen LogP contribution in [0.15, 0.2) is 30.3 Å². The lowest BCUT2D eigenvalue weighted by Crippen LogP contribution is -2.35. The van der Waals surface area contributed by atoms with Gasteiger partial charge >= 0.3 is 6.09 Å². The Morgan fingerprint density at radius 3 is 2.90 bits per heavy atom. The number of carbonyl (C=O) groups is 2. The molecule has 0 saturated heterocycles. The second kappa shape index (κ2) is 9.19. The van der Waals surface area contributed by atoms with Gasteiger partial charge < -0.3 is 15.0 Å². The van der Waals surface area contributed by atoms with Crippen LogP contribution >= 0.6 is 11.3 Å². The second-order valence-electron chi connectivity index (χ2n) is 6.33. The number of nitro benzene ring substituents is 1. The highest BCUT2D eigenvalue weighted by atomic mass is 32.1. The van der Waals surface area contributed by atoms with E-state index >= 15 is 0 Å². The summed E-state index contributed by atoms with van der Waals surface area (Å²) in [5.41, 5.74) is 1.39. The fourth-order valence-corrected chi connectivity index (χ4v) is 4.31. The molecule has 3 rings (SSSR count). The Kier molecular flexibility index (Phi) is 6.44. The first-order valence-electron chi connectivity index (χ1n) is 9.13. The van der Waals surface area contributed by atoms with Crippen LogP contribution in [0, 0.1) is 21.4 Å². The van der Waals surface area contributed by atoms with Gasteiger partial charge in [0.2, 0.25) is 5.91 Å². The maximum Gasteiger partial charge on any atom is 0.410 e. The van der Waals surface area contributed by atoms with Crippen LogP contribution in [0.4, 0.5) is 15.5 Å². The Hall–Kier alpha value is -3.71. The van der Waals surface area contributed by atoms with E-state index in [4.69, 9.17) is 4.74 Å². The SMILES string of the molecule is CCOC(=O)N1CCc2c(sc(NC(=O)/C=C/c3ccccc3[N+](=O)[O-])c2C#N)C1. The monoisotopic (exact) mass is 426 g/mol. The van der Waals surface area contributed by atoms with E-state index in [2.05, 4.69) is 11.4 Å². The summed E-state index contributed by atoms with van der Waals surface area (Å²) in [4.78, 5) is 37.2. The minimum absolute atomic E-state index is 0.107. The van der Waals surface area contributed by atoms with Crippen LogP contribution in [0.1, 0.15) is 28.5 Å². The van der Waals surface area contributed by atoms with E-state index in [1.165, 1.54) is 35.6 Å². The molecule has 0 saturated carbocycles. The van der Waals surface area contributed by atoms with Gasteiger partial charge in [-0.25, -0.2) is 4.79 Å². The zero-order chi connectivity index (χ0) is 21.7. The first-order chi connectivity index (χ1) is 14.4. The molecule has 2 amide bonds. The van der Waals surface area contributed by atoms with Crippen molar-refractivity contribution in [2.45, 2.75) is 19.9 Å². The minimum atomic E-state index is -0.520. The molecule has 1 N–H and O–H groups in total. The molecule has 0 aliphatic carbocycles. The van der Waals surface area contributed by atoms with Crippen molar-refractivity contribution in [3.05, 3.63) is 62.0 Å². The van der Waals surface area contributed by atoms with E-state index in [1.54, 1.807) is 24.0 Å². The number of fused-ring (bicyclic) bond motifs is 1. The van der Waals surface area contributed by atoms with Crippen LogP contribution in [0.2, 0.25) is 0 Å². The van der Waals surface area contributed by atoms with Gasteiger partial charge in [-0.3, -0.25) is 14.9 Å². The van der Waals surface area contributed by atoms with Crippen molar-refractivity contribution in [1.29, 1.82) is 5.26 Å². The van der Waals surface area contributed by atoms with Gasteiger partial charge in [-0.05, 0) is 31.1 Å². The molecule has 10 heteroatoms. The Morgan fingerprint density at radius 1 is 1.43 bits per heavy atom. The van der Waals surface area contributed by atoms with Gasteiger partial charge in [0.15, 0.2) is 0 Å². The molecule has 1 aromatic carbocycles. The molecule has 2 heterocycles. The predicted octanol–water partition coefficient (Wildman–Crippen LogP) is 3.69. The van der Waals surface area contributed by atoms with Crippen molar-refractivity contribution in [2.24, 2.45) is 0 Å². The molecular formula is C20H18N4O5S. The van der Waals surface area contributed by atoms with Crippen molar-refractivity contribution in [3.8, 4) is 6.07 Å². The number of amides is 2. The normalized spacial score (nSPS) is 12.9. The number of nitriles is 1. The Labute approximate surface area is 176 Å². The van der Waals surface area contributed by atoms with Crippen LogP contribution in [-0.4, -0.2) is 35.0 Å². The van der Waals surface area contributed by atoms with Crippen molar-refractivity contribution >= 4 is 40.1 Å². The number of thiophene rings is 1. The first-order valence-corrected chi connectivity index (χ1v) is 9.95. The molecule has 0 spiro atoms. The highest BCUT2D eigenvalue weighted by Gasteiger charge is 2.28. The summed E-state index contributed by atoms with van der Waals surface area (Å²) >= 11 is 1.24. The van der Waals surface area contributed by atoms with Gasteiger partial charge in [0.25, 0.3) is 5.69 Å². The molecular weight excluding hydrogens is 408 g/mol. The lowest BCUT2D eigenvalue weighted by Gasteiger charge is -2.25. The van der Waals surface area contributed by atoms with Crippen molar-refractivity contribution in [3.63, 3.8) is 0 Å². The van der Waals surface area contributed by atoms with E-state index in [9.17, 15) is 25.0 Å². The van der Waals surface area contributed by atoms with Crippen LogP contribution in [-0.2, 0) is 22.5 Å².